The molecular weight excluding hydrogens is 350 g/mol. The molecule has 1 amide bonds. The largest absolute Gasteiger partial charge is 0.312 e. The summed E-state index contributed by atoms with van der Waals surface area (Å²) in [6, 6.07) is 6.46. The number of carbonyl (C=O) groups is 1. The molecule has 1 aromatic carbocycles. The van der Waals surface area contributed by atoms with E-state index in [-0.39, 0.29) is 16.8 Å². The van der Waals surface area contributed by atoms with E-state index in [0.717, 1.165) is 44.6 Å². The van der Waals surface area contributed by atoms with Crippen LogP contribution in [0, 0.1) is 0 Å². The van der Waals surface area contributed by atoms with Gasteiger partial charge in [-0.2, -0.15) is 0 Å². The zero-order valence-corrected chi connectivity index (χ0v) is 16.9. The average Bonchev–Trinajstić information content (AvgIpc) is 3.04. The first-order chi connectivity index (χ1) is 12.4. The molecule has 146 valence electrons. The normalized spacial score (nSPS) is 16.5. The molecular formula is C19H31N3O3S. The summed E-state index contributed by atoms with van der Waals surface area (Å²) in [4.78, 5) is 16.1. The van der Waals surface area contributed by atoms with Gasteiger partial charge in [-0.15, -0.1) is 0 Å². The molecule has 1 aromatic rings. The molecule has 7 heteroatoms. The molecule has 1 fully saturated rings. The highest BCUT2D eigenvalue weighted by Crippen LogP contribution is 2.23. The first-order valence-corrected chi connectivity index (χ1v) is 11.0. The van der Waals surface area contributed by atoms with Crippen LogP contribution < -0.4 is 9.62 Å². The van der Waals surface area contributed by atoms with Crippen molar-refractivity contribution in [2.75, 3.05) is 31.1 Å². The number of rotatable bonds is 10. The van der Waals surface area contributed by atoms with E-state index in [0.29, 0.717) is 13.0 Å². The molecule has 0 radical (unpaired) electrons. The SMILES string of the molecule is CCN(CC)CCC[C@H](C)NS(=O)(=O)c1ccc(N2CCCC2=O)cc1. The van der Waals surface area contributed by atoms with Crippen molar-refractivity contribution >= 4 is 21.6 Å². The average molecular weight is 382 g/mol. The maximum Gasteiger partial charge on any atom is 0.240 e. The molecule has 1 aliphatic heterocycles. The molecule has 0 aliphatic carbocycles. The number of hydrogen-bond acceptors (Lipinski definition) is 4. The second-order valence-electron chi connectivity index (χ2n) is 6.83. The summed E-state index contributed by atoms with van der Waals surface area (Å²) in [6.07, 6.45) is 3.18. The summed E-state index contributed by atoms with van der Waals surface area (Å²) in [7, 11) is -3.54. The van der Waals surface area contributed by atoms with Gasteiger partial charge in [-0.25, -0.2) is 13.1 Å². The summed E-state index contributed by atoms with van der Waals surface area (Å²) < 4.78 is 27.8. The van der Waals surface area contributed by atoms with Crippen LogP contribution >= 0.6 is 0 Å². The third kappa shape index (κ3) is 5.53. The van der Waals surface area contributed by atoms with Crippen LogP contribution in [0.3, 0.4) is 0 Å². The summed E-state index contributed by atoms with van der Waals surface area (Å²) in [5, 5.41) is 0. The van der Waals surface area contributed by atoms with Crippen molar-refractivity contribution in [1.82, 2.24) is 9.62 Å². The van der Waals surface area contributed by atoms with Crippen LogP contribution in [0.25, 0.3) is 0 Å². The van der Waals surface area contributed by atoms with Gasteiger partial charge in [0, 0.05) is 24.7 Å². The van der Waals surface area contributed by atoms with Gasteiger partial charge in [0.1, 0.15) is 0 Å². The van der Waals surface area contributed by atoms with Gasteiger partial charge < -0.3 is 9.80 Å². The minimum atomic E-state index is -3.54. The topological polar surface area (TPSA) is 69.7 Å². The van der Waals surface area contributed by atoms with Crippen molar-refractivity contribution in [1.29, 1.82) is 0 Å². The van der Waals surface area contributed by atoms with E-state index in [9.17, 15) is 13.2 Å². The number of nitrogens with zero attached hydrogens (tertiary/aromatic N) is 2. The number of hydrogen-bond donors (Lipinski definition) is 1. The van der Waals surface area contributed by atoms with Crippen LogP contribution in [0.2, 0.25) is 0 Å². The van der Waals surface area contributed by atoms with Crippen LogP contribution in [0.4, 0.5) is 5.69 Å². The minimum Gasteiger partial charge on any atom is -0.312 e. The summed E-state index contributed by atoms with van der Waals surface area (Å²) in [5.41, 5.74) is 0.763. The number of carbonyl (C=O) groups excluding carboxylic acids is 1. The Kier molecular flexibility index (Phi) is 7.61. The fraction of sp³-hybridized carbons (Fsp3) is 0.632. The Morgan fingerprint density at radius 2 is 1.85 bits per heavy atom. The van der Waals surface area contributed by atoms with Crippen molar-refractivity contribution in [2.24, 2.45) is 0 Å². The Balaban J connectivity index is 1.91. The zero-order valence-electron chi connectivity index (χ0n) is 16.1. The lowest BCUT2D eigenvalue weighted by molar-refractivity contribution is -0.117. The molecule has 1 atom stereocenters. The second kappa shape index (κ2) is 9.48. The Morgan fingerprint density at radius 3 is 2.38 bits per heavy atom. The highest BCUT2D eigenvalue weighted by atomic mass is 32.2. The number of anilines is 1. The maximum absolute atomic E-state index is 12.5. The Labute approximate surface area is 157 Å². The highest BCUT2D eigenvalue weighted by Gasteiger charge is 2.23. The van der Waals surface area contributed by atoms with Crippen molar-refractivity contribution < 1.29 is 13.2 Å². The minimum absolute atomic E-state index is 0.0977. The monoisotopic (exact) mass is 381 g/mol. The molecule has 1 saturated heterocycles. The molecule has 0 unspecified atom stereocenters. The molecule has 1 N–H and O–H groups in total. The molecule has 6 nitrogen and oxygen atoms in total. The number of nitrogens with one attached hydrogen (secondary N) is 1. The predicted octanol–water partition coefficient (Wildman–Crippen LogP) is 2.60. The predicted molar refractivity (Wildman–Crippen MR) is 105 cm³/mol. The Morgan fingerprint density at radius 1 is 1.19 bits per heavy atom. The zero-order chi connectivity index (χ0) is 19.2. The van der Waals surface area contributed by atoms with E-state index in [1.54, 1.807) is 29.2 Å². The van der Waals surface area contributed by atoms with E-state index in [2.05, 4.69) is 23.5 Å². The highest BCUT2D eigenvalue weighted by molar-refractivity contribution is 7.89. The van der Waals surface area contributed by atoms with Gasteiger partial charge in [0.05, 0.1) is 4.90 Å². The lowest BCUT2D eigenvalue weighted by Gasteiger charge is -2.20. The second-order valence-corrected chi connectivity index (χ2v) is 8.55. The molecule has 1 aliphatic rings. The van der Waals surface area contributed by atoms with E-state index in [4.69, 9.17) is 0 Å². The van der Waals surface area contributed by atoms with Crippen molar-refractivity contribution in [2.45, 2.75) is 57.4 Å². The van der Waals surface area contributed by atoms with Gasteiger partial charge in [-0.3, -0.25) is 4.79 Å². The number of amides is 1. The maximum atomic E-state index is 12.5. The van der Waals surface area contributed by atoms with Crippen LogP contribution in [-0.4, -0.2) is 51.4 Å². The van der Waals surface area contributed by atoms with Crippen LogP contribution in [-0.2, 0) is 14.8 Å². The lowest BCUT2D eigenvalue weighted by atomic mass is 10.2. The first kappa shape index (κ1) is 20.9. The smallest absolute Gasteiger partial charge is 0.240 e. The quantitative estimate of drug-likeness (QED) is 0.676. The Bertz CT molecular complexity index is 684. The number of benzene rings is 1. The molecule has 26 heavy (non-hydrogen) atoms. The summed E-state index contributed by atoms with van der Waals surface area (Å²) in [5.74, 6) is 0.0977. The molecule has 2 rings (SSSR count). The lowest BCUT2D eigenvalue weighted by Crippen LogP contribution is -2.33. The van der Waals surface area contributed by atoms with Gasteiger partial charge in [0.15, 0.2) is 0 Å². The third-order valence-electron chi connectivity index (χ3n) is 4.89. The molecule has 0 saturated carbocycles. The third-order valence-corrected chi connectivity index (χ3v) is 6.50. The summed E-state index contributed by atoms with van der Waals surface area (Å²) >= 11 is 0. The van der Waals surface area contributed by atoms with Gasteiger partial charge in [0.25, 0.3) is 0 Å². The van der Waals surface area contributed by atoms with E-state index in [1.165, 1.54) is 0 Å². The molecule has 0 bridgehead atoms. The van der Waals surface area contributed by atoms with Crippen LogP contribution in [0.5, 0.6) is 0 Å². The van der Waals surface area contributed by atoms with E-state index in [1.807, 2.05) is 6.92 Å². The van der Waals surface area contributed by atoms with Gasteiger partial charge in [-0.05, 0) is 70.1 Å². The van der Waals surface area contributed by atoms with E-state index >= 15 is 0 Å². The van der Waals surface area contributed by atoms with Gasteiger partial charge in [-0.1, -0.05) is 13.8 Å². The van der Waals surface area contributed by atoms with Crippen LogP contribution in [0.1, 0.15) is 46.5 Å². The standard InChI is InChI=1S/C19H31N3O3S/c1-4-21(5-2)14-6-8-16(3)20-26(24,25)18-12-10-17(11-13-18)22-15-7-9-19(22)23/h10-13,16,20H,4-9,14-15H2,1-3H3/t16-/m0/s1. The fourth-order valence-corrected chi connectivity index (χ4v) is 4.56. The van der Waals surface area contributed by atoms with Crippen molar-refractivity contribution in [3.63, 3.8) is 0 Å². The fourth-order valence-electron chi connectivity index (χ4n) is 3.28. The van der Waals surface area contributed by atoms with Crippen molar-refractivity contribution in [3.05, 3.63) is 24.3 Å². The van der Waals surface area contributed by atoms with Gasteiger partial charge >= 0.3 is 0 Å². The Hall–Kier alpha value is -1.44. The van der Waals surface area contributed by atoms with E-state index < -0.39 is 10.0 Å². The molecule has 0 spiro atoms. The summed E-state index contributed by atoms with van der Waals surface area (Å²) in [6.45, 7) is 9.89. The van der Waals surface area contributed by atoms with Crippen molar-refractivity contribution in [3.8, 4) is 0 Å². The van der Waals surface area contributed by atoms with Gasteiger partial charge in [0.2, 0.25) is 15.9 Å². The molecule has 0 aromatic heterocycles. The molecule has 1 heterocycles. The number of sulfonamides is 1. The first-order valence-electron chi connectivity index (χ1n) is 9.52. The van der Waals surface area contributed by atoms with Crippen LogP contribution in [0.15, 0.2) is 29.2 Å².